The van der Waals surface area contributed by atoms with Crippen LogP contribution in [0.2, 0.25) is 0 Å². The van der Waals surface area contributed by atoms with Gasteiger partial charge in [0.25, 0.3) is 0 Å². The van der Waals surface area contributed by atoms with Crippen molar-refractivity contribution in [3.05, 3.63) is 23.8 Å². The standard InChI is InChI=1S/C19H28I2O5/c1-11-5-13-4-3-12(2)15(19(13)16(6-11)26-10-21-19)9-20-17(23)7-14(22)8-18(24)25/h3-5,11-12,14-17,22-23H,6-10H2,1-2H3,(H,24,25)/q-2/t11?,12-,14+,15-,16?,17-,19+/m0/s1. The van der Waals surface area contributed by atoms with Gasteiger partial charge in [-0.1, -0.05) is 0 Å². The van der Waals surface area contributed by atoms with E-state index in [4.69, 9.17) is 9.84 Å². The number of aliphatic carboxylic acids is 1. The van der Waals surface area contributed by atoms with E-state index in [2.05, 4.69) is 32.1 Å². The fourth-order valence-corrected chi connectivity index (χ4v) is 12.9. The van der Waals surface area contributed by atoms with Gasteiger partial charge in [0, 0.05) is 0 Å². The Morgan fingerprint density at radius 1 is 1.46 bits per heavy atom. The first kappa shape index (κ1) is 21.0. The van der Waals surface area contributed by atoms with Gasteiger partial charge in [-0.25, -0.2) is 0 Å². The molecule has 150 valence electrons. The molecule has 0 bridgehead atoms. The molecule has 3 N–H and O–H groups in total. The van der Waals surface area contributed by atoms with Crippen molar-refractivity contribution in [1.29, 1.82) is 0 Å². The van der Waals surface area contributed by atoms with Gasteiger partial charge >= 0.3 is 177 Å². The molecule has 5 nitrogen and oxygen atoms in total. The molecule has 0 amide bonds. The van der Waals surface area contributed by atoms with Crippen molar-refractivity contribution in [3.63, 3.8) is 0 Å². The number of carboxylic acids is 1. The fraction of sp³-hybridized carbons (Fsp3) is 0.737. The predicted octanol–water partition coefficient (Wildman–Crippen LogP) is -4.41. The van der Waals surface area contributed by atoms with E-state index in [1.54, 1.807) is 0 Å². The Morgan fingerprint density at radius 3 is 2.96 bits per heavy atom. The quantitative estimate of drug-likeness (QED) is 0.206. The van der Waals surface area contributed by atoms with E-state index in [-0.39, 0.29) is 37.5 Å². The molecule has 2 aliphatic carbocycles. The van der Waals surface area contributed by atoms with E-state index >= 15 is 0 Å². The Kier molecular flexibility index (Phi) is 7.07. The average Bonchev–Trinajstić information content (AvgIpc) is 2.95. The van der Waals surface area contributed by atoms with E-state index < -0.39 is 37.4 Å². The molecule has 1 saturated heterocycles. The second-order valence-electron chi connectivity index (χ2n) is 7.56. The minimum atomic E-state index is -1.02. The second kappa shape index (κ2) is 8.75. The Balaban J connectivity index is 1.69. The Bertz CT molecular complexity index is 592. The molecule has 1 fully saturated rings. The molecular formula is C19H28I2O5-2. The number of rotatable bonds is 7. The summed E-state index contributed by atoms with van der Waals surface area (Å²) in [6.45, 7) is 4.54. The molecule has 1 heterocycles. The zero-order chi connectivity index (χ0) is 18.9. The van der Waals surface area contributed by atoms with Crippen molar-refractivity contribution < 1.29 is 67.3 Å². The molecule has 26 heavy (non-hydrogen) atoms. The SMILES string of the molecule is CC1C=C2C=C[C@H](C)[C@H](C[I-][C@@H](O)C[C@@H](O)CC(=O)O)[C@]23[I-]COC3C1. The van der Waals surface area contributed by atoms with Crippen LogP contribution in [-0.4, -0.2) is 50.1 Å². The van der Waals surface area contributed by atoms with Gasteiger partial charge in [-0.2, -0.15) is 0 Å². The monoisotopic (exact) mass is 590 g/mol. The van der Waals surface area contributed by atoms with Crippen molar-refractivity contribution in [3.8, 4) is 0 Å². The Labute approximate surface area is 175 Å². The van der Waals surface area contributed by atoms with Gasteiger partial charge in [0.1, 0.15) is 0 Å². The van der Waals surface area contributed by atoms with E-state index in [0.29, 0.717) is 23.9 Å². The first-order valence-corrected chi connectivity index (χ1v) is 14.5. The van der Waals surface area contributed by atoms with Gasteiger partial charge in [0.2, 0.25) is 0 Å². The van der Waals surface area contributed by atoms with Crippen LogP contribution in [0.1, 0.15) is 33.1 Å². The fourth-order valence-electron chi connectivity index (χ4n) is 4.28. The molecular weight excluding hydrogens is 562 g/mol. The summed E-state index contributed by atoms with van der Waals surface area (Å²) in [6, 6.07) is 0. The number of hydrogen-bond acceptors (Lipinski definition) is 4. The maximum atomic E-state index is 10.7. The molecule has 3 aliphatic rings. The summed E-state index contributed by atoms with van der Waals surface area (Å²) >= 11 is -0.604. The Morgan fingerprint density at radius 2 is 2.23 bits per heavy atom. The van der Waals surface area contributed by atoms with Crippen LogP contribution in [0, 0.1) is 17.8 Å². The zero-order valence-corrected chi connectivity index (χ0v) is 19.5. The summed E-state index contributed by atoms with van der Waals surface area (Å²) in [5.41, 5.74) is 1.47. The van der Waals surface area contributed by atoms with Crippen LogP contribution in [0.5, 0.6) is 0 Å². The van der Waals surface area contributed by atoms with Crippen LogP contribution in [0.25, 0.3) is 0 Å². The summed E-state index contributed by atoms with van der Waals surface area (Å²) in [5.74, 6) is 0.510. The predicted molar refractivity (Wildman–Crippen MR) is 89.9 cm³/mol. The second-order valence-corrected chi connectivity index (χ2v) is 13.9. The summed E-state index contributed by atoms with van der Waals surface area (Å²) in [5, 5.41) is 28.9. The third-order valence-electron chi connectivity index (χ3n) is 5.56. The number of ether oxygens (including phenoxy) is 1. The van der Waals surface area contributed by atoms with Crippen LogP contribution >= 0.6 is 0 Å². The van der Waals surface area contributed by atoms with Gasteiger partial charge in [-0.05, 0) is 0 Å². The number of allylic oxidation sites excluding steroid dienone is 3. The van der Waals surface area contributed by atoms with Crippen LogP contribution < -0.4 is 42.4 Å². The zero-order valence-electron chi connectivity index (χ0n) is 15.1. The Hall–Kier alpha value is 0.290. The van der Waals surface area contributed by atoms with Crippen LogP contribution in [0.4, 0.5) is 0 Å². The first-order chi connectivity index (χ1) is 12.3. The molecule has 1 spiro atoms. The number of aliphatic hydroxyl groups is 2. The summed E-state index contributed by atoms with van der Waals surface area (Å²) < 4.78 is 7.76. The number of hydrogen-bond donors (Lipinski definition) is 3. The van der Waals surface area contributed by atoms with Crippen molar-refractivity contribution in [2.24, 2.45) is 17.8 Å². The number of alkyl halides is 4. The molecule has 7 atom stereocenters. The topological polar surface area (TPSA) is 87.0 Å². The summed E-state index contributed by atoms with van der Waals surface area (Å²) in [6.07, 6.45) is 7.42. The number of carbonyl (C=O) groups is 1. The van der Waals surface area contributed by atoms with E-state index in [1.165, 1.54) is 5.57 Å². The van der Waals surface area contributed by atoms with E-state index in [0.717, 1.165) is 15.5 Å². The molecule has 0 aromatic rings. The normalized spacial score (nSPS) is 38.7. The van der Waals surface area contributed by atoms with Crippen molar-refractivity contribution in [2.75, 3.05) is 9.04 Å². The molecule has 0 aromatic heterocycles. The van der Waals surface area contributed by atoms with E-state index in [1.807, 2.05) is 0 Å². The number of aliphatic hydroxyl groups excluding tert-OH is 2. The number of carboxylic acid groups (broad SMARTS) is 1. The van der Waals surface area contributed by atoms with Gasteiger partial charge in [0.05, 0.1) is 0 Å². The van der Waals surface area contributed by atoms with Crippen LogP contribution in [-0.2, 0) is 9.53 Å². The molecule has 0 radical (unpaired) electrons. The van der Waals surface area contributed by atoms with Gasteiger partial charge < -0.3 is 0 Å². The van der Waals surface area contributed by atoms with Gasteiger partial charge in [-0.15, -0.1) is 0 Å². The van der Waals surface area contributed by atoms with Crippen LogP contribution in [0.3, 0.4) is 0 Å². The van der Waals surface area contributed by atoms with Gasteiger partial charge in [0.15, 0.2) is 0 Å². The molecule has 7 heteroatoms. The van der Waals surface area contributed by atoms with Crippen molar-refractivity contribution >= 4 is 5.97 Å². The van der Waals surface area contributed by atoms with Crippen LogP contribution in [0.15, 0.2) is 23.8 Å². The van der Waals surface area contributed by atoms with Crippen molar-refractivity contribution in [1.82, 2.24) is 0 Å². The first-order valence-electron chi connectivity index (χ1n) is 9.11. The minimum absolute atomic E-state index is 0.0827. The van der Waals surface area contributed by atoms with Crippen molar-refractivity contribution in [2.45, 2.75) is 52.9 Å². The number of halogens is 2. The third-order valence-corrected chi connectivity index (χ3v) is 12.6. The molecule has 3 rings (SSSR count). The average molecular weight is 590 g/mol. The molecule has 2 unspecified atom stereocenters. The molecule has 0 saturated carbocycles. The molecule has 0 aromatic carbocycles. The summed E-state index contributed by atoms with van der Waals surface area (Å²) in [7, 11) is 0. The maximum absolute atomic E-state index is 10.7. The van der Waals surface area contributed by atoms with E-state index in [9.17, 15) is 15.0 Å². The third kappa shape index (κ3) is 4.31. The summed E-state index contributed by atoms with van der Waals surface area (Å²) in [4.78, 5) is 10.7. The molecule has 1 aliphatic heterocycles. The van der Waals surface area contributed by atoms with Gasteiger partial charge in [-0.3, -0.25) is 0 Å².